The van der Waals surface area contributed by atoms with E-state index in [1.165, 1.54) is 5.56 Å². The van der Waals surface area contributed by atoms with Crippen LogP contribution in [0.15, 0.2) is 28.7 Å². The van der Waals surface area contributed by atoms with Gasteiger partial charge in [0.15, 0.2) is 0 Å². The highest BCUT2D eigenvalue weighted by molar-refractivity contribution is 9.10. The molecule has 1 saturated carbocycles. The zero-order valence-electron chi connectivity index (χ0n) is 9.49. The minimum atomic E-state index is -0.169. The predicted octanol–water partition coefficient (Wildman–Crippen LogP) is 3.01. The van der Waals surface area contributed by atoms with Crippen LogP contribution in [0.4, 0.5) is 0 Å². The van der Waals surface area contributed by atoms with E-state index < -0.39 is 0 Å². The minimum absolute atomic E-state index is 0.169. The van der Waals surface area contributed by atoms with Crippen molar-refractivity contribution in [2.45, 2.75) is 44.4 Å². The summed E-state index contributed by atoms with van der Waals surface area (Å²) in [6, 6.07) is 8.90. The molecule has 0 radical (unpaired) electrons. The highest BCUT2D eigenvalue weighted by Gasteiger charge is 2.26. The maximum Gasteiger partial charge on any atom is 0.0693 e. The fourth-order valence-corrected chi connectivity index (χ4v) is 2.57. The first-order valence-electron chi connectivity index (χ1n) is 5.86. The summed E-state index contributed by atoms with van der Waals surface area (Å²) >= 11 is 3.43. The molecule has 0 saturated heterocycles. The second kappa shape index (κ2) is 5.30. The second-order valence-corrected chi connectivity index (χ2v) is 5.46. The van der Waals surface area contributed by atoms with E-state index in [-0.39, 0.29) is 12.1 Å². The van der Waals surface area contributed by atoms with E-state index in [1.54, 1.807) is 0 Å². The highest BCUT2D eigenvalue weighted by Crippen LogP contribution is 2.23. The van der Waals surface area contributed by atoms with Crippen LogP contribution in [0.2, 0.25) is 0 Å². The topological polar surface area (TPSA) is 32.3 Å². The lowest BCUT2D eigenvalue weighted by molar-refractivity contribution is 0.144. The third kappa shape index (κ3) is 2.84. The molecule has 1 fully saturated rings. The summed E-state index contributed by atoms with van der Waals surface area (Å²) in [6.07, 6.45) is 2.98. The number of aliphatic hydroxyl groups is 1. The number of nitrogens with one attached hydrogen (secondary N) is 1. The molecule has 3 heteroatoms. The molecular weight excluding hydrogens is 266 g/mol. The molecule has 3 atom stereocenters. The molecule has 0 aliphatic heterocycles. The zero-order valence-corrected chi connectivity index (χ0v) is 11.1. The lowest BCUT2D eigenvalue weighted by Crippen LogP contribution is -2.37. The molecule has 1 aliphatic rings. The first-order valence-corrected chi connectivity index (χ1v) is 6.65. The lowest BCUT2D eigenvalue weighted by Gasteiger charge is -2.22. The Morgan fingerprint density at radius 3 is 2.56 bits per heavy atom. The number of hydrogen-bond donors (Lipinski definition) is 2. The second-order valence-electron chi connectivity index (χ2n) is 4.54. The summed E-state index contributed by atoms with van der Waals surface area (Å²) in [5, 5.41) is 13.3. The molecule has 16 heavy (non-hydrogen) atoms. The fraction of sp³-hybridized carbons (Fsp3) is 0.538. The molecular formula is C13H18BrNO. The molecule has 88 valence electrons. The summed E-state index contributed by atoms with van der Waals surface area (Å²) in [5.41, 5.74) is 1.27. The average molecular weight is 284 g/mol. The molecule has 1 aliphatic carbocycles. The van der Waals surface area contributed by atoms with E-state index in [9.17, 15) is 5.11 Å². The molecule has 0 amide bonds. The van der Waals surface area contributed by atoms with Crippen LogP contribution in [0.1, 0.15) is 37.8 Å². The first kappa shape index (κ1) is 12.1. The van der Waals surface area contributed by atoms with Crippen LogP contribution >= 0.6 is 15.9 Å². The smallest absolute Gasteiger partial charge is 0.0693 e. The van der Waals surface area contributed by atoms with Gasteiger partial charge in [-0.1, -0.05) is 28.1 Å². The van der Waals surface area contributed by atoms with Crippen LogP contribution in [0.3, 0.4) is 0 Å². The Kier molecular flexibility index (Phi) is 4.00. The standard InChI is InChI=1S/C13H18BrNO/c1-9(10-5-7-11(14)8-6-10)15-12-3-2-4-13(12)16/h5-9,12-13,15-16H,2-4H2,1H3/t9?,12-,13-/m1/s1. The Morgan fingerprint density at radius 2 is 2.00 bits per heavy atom. The molecule has 0 heterocycles. The van der Waals surface area contributed by atoms with Crippen LogP contribution in [-0.2, 0) is 0 Å². The summed E-state index contributed by atoms with van der Waals surface area (Å²) in [7, 11) is 0. The van der Waals surface area contributed by atoms with Crippen molar-refractivity contribution in [3.8, 4) is 0 Å². The largest absolute Gasteiger partial charge is 0.392 e. The van der Waals surface area contributed by atoms with Gasteiger partial charge in [-0.2, -0.15) is 0 Å². The fourth-order valence-electron chi connectivity index (χ4n) is 2.30. The lowest BCUT2D eigenvalue weighted by atomic mass is 10.1. The monoisotopic (exact) mass is 283 g/mol. The van der Waals surface area contributed by atoms with Crippen molar-refractivity contribution in [3.63, 3.8) is 0 Å². The van der Waals surface area contributed by atoms with Crippen molar-refractivity contribution >= 4 is 15.9 Å². The highest BCUT2D eigenvalue weighted by atomic mass is 79.9. The van der Waals surface area contributed by atoms with Gasteiger partial charge in [-0.3, -0.25) is 0 Å². The van der Waals surface area contributed by atoms with Crippen LogP contribution in [0.5, 0.6) is 0 Å². The van der Waals surface area contributed by atoms with E-state index in [0.29, 0.717) is 6.04 Å². The average Bonchev–Trinajstić information content (AvgIpc) is 2.65. The van der Waals surface area contributed by atoms with Crippen molar-refractivity contribution < 1.29 is 5.11 Å². The van der Waals surface area contributed by atoms with Gasteiger partial charge in [0, 0.05) is 16.6 Å². The molecule has 0 bridgehead atoms. The van der Waals surface area contributed by atoms with Gasteiger partial charge in [-0.25, -0.2) is 0 Å². The molecule has 2 nitrogen and oxygen atoms in total. The van der Waals surface area contributed by atoms with Gasteiger partial charge in [-0.15, -0.1) is 0 Å². The molecule has 1 aromatic carbocycles. The first-order chi connectivity index (χ1) is 7.66. The van der Waals surface area contributed by atoms with E-state index in [0.717, 1.165) is 23.7 Å². The van der Waals surface area contributed by atoms with Crippen LogP contribution in [0, 0.1) is 0 Å². The maximum atomic E-state index is 9.76. The quantitative estimate of drug-likeness (QED) is 0.894. The Hall–Kier alpha value is -0.380. The van der Waals surface area contributed by atoms with Crippen LogP contribution in [-0.4, -0.2) is 17.3 Å². The van der Waals surface area contributed by atoms with E-state index in [2.05, 4.69) is 52.4 Å². The molecule has 1 unspecified atom stereocenters. The summed E-state index contributed by atoms with van der Waals surface area (Å²) in [6.45, 7) is 2.15. The van der Waals surface area contributed by atoms with Crippen molar-refractivity contribution in [1.82, 2.24) is 5.32 Å². The van der Waals surface area contributed by atoms with Crippen molar-refractivity contribution in [2.24, 2.45) is 0 Å². The van der Waals surface area contributed by atoms with Crippen molar-refractivity contribution in [2.75, 3.05) is 0 Å². The normalized spacial score (nSPS) is 26.9. The number of rotatable bonds is 3. The number of halogens is 1. The molecule has 2 N–H and O–H groups in total. The van der Waals surface area contributed by atoms with Gasteiger partial charge in [-0.05, 0) is 43.9 Å². The van der Waals surface area contributed by atoms with Gasteiger partial charge in [0.2, 0.25) is 0 Å². The van der Waals surface area contributed by atoms with Gasteiger partial charge in [0.1, 0.15) is 0 Å². The Labute approximate surface area is 105 Å². The van der Waals surface area contributed by atoms with Crippen LogP contribution < -0.4 is 5.32 Å². The maximum absolute atomic E-state index is 9.76. The summed E-state index contributed by atoms with van der Waals surface area (Å²) in [4.78, 5) is 0. The van der Waals surface area contributed by atoms with Crippen LogP contribution in [0.25, 0.3) is 0 Å². The molecule has 2 rings (SSSR count). The van der Waals surface area contributed by atoms with E-state index in [4.69, 9.17) is 0 Å². The van der Waals surface area contributed by atoms with E-state index >= 15 is 0 Å². The van der Waals surface area contributed by atoms with E-state index in [1.807, 2.05) is 0 Å². The van der Waals surface area contributed by atoms with Crippen molar-refractivity contribution in [3.05, 3.63) is 34.3 Å². The van der Waals surface area contributed by atoms with Gasteiger partial charge < -0.3 is 10.4 Å². The van der Waals surface area contributed by atoms with Crippen molar-refractivity contribution in [1.29, 1.82) is 0 Å². The Bertz CT molecular complexity index is 338. The minimum Gasteiger partial charge on any atom is -0.392 e. The Morgan fingerprint density at radius 1 is 1.31 bits per heavy atom. The SMILES string of the molecule is CC(N[C@@H]1CCC[C@H]1O)c1ccc(Br)cc1. The number of benzene rings is 1. The zero-order chi connectivity index (χ0) is 11.5. The van der Waals surface area contributed by atoms with Gasteiger partial charge >= 0.3 is 0 Å². The Balaban J connectivity index is 1.97. The summed E-state index contributed by atoms with van der Waals surface area (Å²) in [5.74, 6) is 0. The number of hydrogen-bond acceptors (Lipinski definition) is 2. The van der Waals surface area contributed by atoms with Gasteiger partial charge in [0.25, 0.3) is 0 Å². The molecule has 1 aromatic rings. The molecule has 0 spiro atoms. The predicted molar refractivity (Wildman–Crippen MR) is 69.3 cm³/mol. The summed E-state index contributed by atoms with van der Waals surface area (Å²) < 4.78 is 1.10. The number of aliphatic hydroxyl groups excluding tert-OH is 1. The third-order valence-electron chi connectivity index (χ3n) is 3.31. The third-order valence-corrected chi connectivity index (χ3v) is 3.84. The molecule has 0 aromatic heterocycles. The van der Waals surface area contributed by atoms with Gasteiger partial charge in [0.05, 0.1) is 6.10 Å².